The largest absolute Gasteiger partial charge is 0.534 e. The molecule has 16 heteroatoms. The monoisotopic (exact) mass is 1360 g/mol. The molecule has 1 aliphatic heterocycles. The molecule has 0 aliphatic carbocycles. The second-order valence-corrected chi connectivity index (χ2v) is 25.4. The van der Waals surface area contributed by atoms with E-state index in [1.807, 2.05) is 234 Å². The zero-order valence-electron chi connectivity index (χ0n) is 55.2. The summed E-state index contributed by atoms with van der Waals surface area (Å²) in [5.74, 6) is 3.14. The second-order valence-electron chi connectivity index (χ2n) is 24.5. The zero-order valence-corrected chi connectivity index (χ0v) is 56.7. The number of aromatic nitrogens is 12. The number of hydrogen-bond acceptors (Lipinski definition) is 14. The van der Waals surface area contributed by atoms with Crippen LogP contribution in [-0.4, -0.2) is 78.1 Å². The molecule has 15 aromatic rings. The molecule has 0 spiro atoms. The molecule has 100 heavy (non-hydrogen) atoms. The summed E-state index contributed by atoms with van der Waals surface area (Å²) in [4.78, 5) is 56.0. The molecule has 0 bridgehead atoms. The van der Waals surface area contributed by atoms with E-state index in [0.717, 1.165) is 111 Å². The van der Waals surface area contributed by atoms with Crippen molar-refractivity contribution in [3.8, 4) is 136 Å². The molecule has 1 aliphatic rings. The quantitative estimate of drug-likeness (QED) is 0.0998. The normalized spacial score (nSPS) is 12.7. The first-order valence-corrected chi connectivity index (χ1v) is 33.5. The minimum Gasteiger partial charge on any atom is -0.397 e. The summed E-state index contributed by atoms with van der Waals surface area (Å²) in [6.07, 6.45) is 8.95. The van der Waals surface area contributed by atoms with Crippen molar-refractivity contribution in [3.05, 3.63) is 321 Å². The van der Waals surface area contributed by atoms with Gasteiger partial charge >= 0.3 is 7.12 Å². The predicted octanol–water partition coefficient (Wildman–Crippen LogP) is 18.9. The highest BCUT2D eigenvalue weighted by Gasteiger charge is 2.53. The third-order valence-electron chi connectivity index (χ3n) is 17.1. The molecule has 0 unspecified atom stereocenters. The molecule has 9 heterocycles. The van der Waals surface area contributed by atoms with Gasteiger partial charge in [0.2, 0.25) is 0 Å². The Labute approximate surface area is 589 Å². The maximum atomic E-state index is 6.16. The summed E-state index contributed by atoms with van der Waals surface area (Å²) >= 11 is 3.49. The first-order chi connectivity index (χ1) is 48.9. The maximum Gasteiger partial charge on any atom is 0.534 e. The van der Waals surface area contributed by atoms with Crippen LogP contribution in [0.3, 0.4) is 0 Å². The fourth-order valence-electron chi connectivity index (χ4n) is 11.1. The molecule has 1 fully saturated rings. The van der Waals surface area contributed by atoms with Crippen molar-refractivity contribution in [2.24, 2.45) is 0 Å². The molecule has 482 valence electrons. The first-order valence-electron chi connectivity index (χ1n) is 32.7. The van der Waals surface area contributed by atoms with Crippen LogP contribution < -0.4 is 5.72 Å². The molecule has 7 aromatic carbocycles. The van der Waals surface area contributed by atoms with Gasteiger partial charge < -0.3 is 9.31 Å². The Balaban J connectivity index is 0.000000139. The van der Waals surface area contributed by atoms with Crippen LogP contribution in [0.2, 0.25) is 0 Å². The van der Waals surface area contributed by atoms with Gasteiger partial charge in [-0.3, -0.25) is 19.9 Å². The number of hydrogen-bond donors (Lipinski definition) is 0. The van der Waals surface area contributed by atoms with E-state index in [1.165, 1.54) is 0 Å². The molecule has 0 amide bonds. The van der Waals surface area contributed by atoms with Gasteiger partial charge in [0, 0.05) is 68.8 Å². The van der Waals surface area contributed by atoms with Gasteiger partial charge in [-0.1, -0.05) is 216 Å². The Kier molecular flexibility index (Phi) is 19.4. The molecule has 0 N–H and O–H groups in total. The molecule has 14 nitrogen and oxygen atoms in total. The summed E-state index contributed by atoms with van der Waals surface area (Å²) in [7, 11) is -0.636. The van der Waals surface area contributed by atoms with Crippen molar-refractivity contribution in [1.29, 1.82) is 0 Å². The highest BCUT2D eigenvalue weighted by atomic mass is 79.9. The molecule has 16 rings (SSSR count). The third kappa shape index (κ3) is 15.4. The van der Waals surface area contributed by atoms with Crippen molar-refractivity contribution in [2.45, 2.75) is 38.9 Å². The summed E-state index contributed by atoms with van der Waals surface area (Å²) < 4.78 is 13.4. The van der Waals surface area contributed by atoms with E-state index in [4.69, 9.17) is 34.2 Å². The van der Waals surface area contributed by atoms with Gasteiger partial charge in [0.25, 0.3) is 0 Å². The molecular formula is C84H64BBrN12O2. The summed E-state index contributed by atoms with van der Waals surface area (Å²) in [5.41, 5.74) is 17.6. The fourth-order valence-corrected chi connectivity index (χ4v) is 11.4. The van der Waals surface area contributed by atoms with Crippen molar-refractivity contribution < 1.29 is 9.31 Å². The van der Waals surface area contributed by atoms with E-state index in [0.29, 0.717) is 34.8 Å². The van der Waals surface area contributed by atoms with Gasteiger partial charge in [-0.2, -0.15) is 0 Å². The lowest BCUT2D eigenvalue weighted by Crippen LogP contribution is -2.41. The lowest BCUT2D eigenvalue weighted by Gasteiger charge is -2.32. The number of benzene rings is 7. The van der Waals surface area contributed by atoms with Crippen molar-refractivity contribution in [3.63, 3.8) is 0 Å². The lowest BCUT2D eigenvalue weighted by atomic mass is 9.89. The molecule has 0 saturated carbocycles. The molecule has 8 aromatic heterocycles. The van der Waals surface area contributed by atoms with Crippen LogP contribution in [0.4, 0.5) is 0 Å². The van der Waals surface area contributed by atoms with Gasteiger partial charge in [-0.15, -0.1) is 0 Å². The Bertz CT molecular complexity index is 4810. The number of pyridine rings is 6. The van der Waals surface area contributed by atoms with Gasteiger partial charge in [0.05, 0.1) is 51.1 Å². The van der Waals surface area contributed by atoms with Gasteiger partial charge in [0.15, 0.2) is 34.8 Å². The molecule has 0 radical (unpaired) electrons. The molecule has 1 saturated heterocycles. The first kappa shape index (κ1) is 65.2. The van der Waals surface area contributed by atoms with Gasteiger partial charge in [0.1, 0.15) is 0 Å². The van der Waals surface area contributed by atoms with Gasteiger partial charge in [-0.05, 0) is 146 Å². The van der Waals surface area contributed by atoms with Crippen molar-refractivity contribution in [2.75, 3.05) is 0 Å². The number of rotatable bonds is 13. The van der Waals surface area contributed by atoms with E-state index in [2.05, 4.69) is 136 Å². The average molecular weight is 1360 g/mol. The van der Waals surface area contributed by atoms with Crippen LogP contribution in [0.1, 0.15) is 27.7 Å². The van der Waals surface area contributed by atoms with Crippen LogP contribution in [-0.2, 0) is 9.31 Å². The number of nitrogens with zero attached hydrogens (tertiary/aromatic N) is 12. The van der Waals surface area contributed by atoms with E-state index >= 15 is 0 Å². The Morgan fingerprint density at radius 1 is 0.260 bits per heavy atom. The molecular weight excluding hydrogens is 1300 g/mol. The Hall–Kier alpha value is -12.1. The van der Waals surface area contributed by atoms with Crippen molar-refractivity contribution in [1.82, 2.24) is 59.8 Å². The summed E-state index contributed by atoms with van der Waals surface area (Å²) in [5, 5.41) is 0. The van der Waals surface area contributed by atoms with E-state index < -0.39 is 18.3 Å². The summed E-state index contributed by atoms with van der Waals surface area (Å²) in [6.45, 7) is 8.07. The van der Waals surface area contributed by atoms with E-state index in [9.17, 15) is 0 Å². The third-order valence-corrected chi connectivity index (χ3v) is 17.7. The van der Waals surface area contributed by atoms with Crippen LogP contribution in [0, 0.1) is 0 Å². The average Bonchev–Trinajstić information content (AvgIpc) is 1.59. The van der Waals surface area contributed by atoms with Crippen LogP contribution in [0.25, 0.3) is 136 Å². The smallest absolute Gasteiger partial charge is 0.397 e. The van der Waals surface area contributed by atoms with Gasteiger partial charge in [-0.25, -0.2) is 39.9 Å². The lowest BCUT2D eigenvalue weighted by molar-refractivity contribution is 0.00578. The van der Waals surface area contributed by atoms with Crippen molar-refractivity contribution >= 4 is 28.8 Å². The van der Waals surface area contributed by atoms with Crippen LogP contribution in [0.5, 0.6) is 0 Å². The van der Waals surface area contributed by atoms with E-state index in [1.54, 1.807) is 24.8 Å². The second kappa shape index (κ2) is 29.7. The summed E-state index contributed by atoms with van der Waals surface area (Å²) in [6, 6.07) is 94.9. The predicted molar refractivity (Wildman–Crippen MR) is 402 cm³/mol. The minimum atomic E-state index is -0.636. The minimum absolute atomic E-state index is 0.454. The maximum absolute atomic E-state index is 6.16. The van der Waals surface area contributed by atoms with Crippen LogP contribution >= 0.6 is 15.9 Å². The standard InChI is InChI=1S/C42H28N6.C21H22BN3O2.C21H14BrN3/c1-3-11-32(12-4-1)40-46-41(33-13-5-2-6-14-33)48-42(47-40)34-23-21-30(22-24-34)29-17-19-31(20-18-29)35-27-38(36-15-7-9-25-43-36)45-39(28-35)37-16-8-10-26-44-37;1-20(2)21(3,4)27-22(26-20)19-24-17(15-11-7-5-8-12-15)23-18(25-19)16-13-9-6-10-14-16;22-18-8-6-15(7-9-18)17-12-20(16-4-3-10-23-14-16)25-21(13-17)19-5-1-2-11-24-19/h1-28H;5-14H,1-4H3;1-14H. The number of halogens is 1. The Morgan fingerprint density at radius 2 is 0.560 bits per heavy atom. The topological polar surface area (TPSA) is 173 Å². The zero-order chi connectivity index (χ0) is 68.3. The van der Waals surface area contributed by atoms with Crippen LogP contribution in [0.15, 0.2) is 321 Å². The fraction of sp³-hybridized carbons (Fsp3) is 0.0714. The van der Waals surface area contributed by atoms with E-state index in [-0.39, 0.29) is 0 Å². The highest BCUT2D eigenvalue weighted by molar-refractivity contribution is 9.10. The Morgan fingerprint density at radius 3 is 0.910 bits per heavy atom. The molecule has 0 atom stereocenters. The highest BCUT2D eigenvalue weighted by Crippen LogP contribution is 2.38. The SMILES string of the molecule is Brc1ccc(-c2cc(-c3cccnc3)nc(-c3ccccn3)c2)cc1.CC1(C)OB(c2nc(-c3ccccc3)nc(-c3ccccc3)n2)OC1(C)C.c1ccc(-c2nc(-c3ccccc3)nc(-c3ccc(-c4ccc(-c5cc(-c6ccccn6)nc(-c6ccccn6)c5)cc4)cc3)n2)cc1.